The molecule has 0 spiro atoms. The van der Waals surface area contributed by atoms with E-state index in [1.165, 1.54) is 16.8 Å². The molecule has 3 rings (SSSR count). The number of carbonyl (C=O) groups excluding carboxylic acids is 1. The van der Waals surface area contributed by atoms with Gasteiger partial charge in [0.15, 0.2) is 0 Å². The number of carbonyl (C=O) groups is 3. The number of aryl methyl sites for hydroxylation is 1. The molecule has 166 valence electrons. The number of carboxylic acid groups (broad SMARTS) is 2. The SMILES string of the molecule is C[C@H](CC(Cc1ccc(-c2ccccc2)cc1)NC(=O)c1cc(C(=O)O)cn1C)C(=O)O. The Labute approximate surface area is 186 Å². The van der Waals surface area contributed by atoms with Crippen molar-refractivity contribution in [1.29, 1.82) is 0 Å². The molecule has 2 aromatic carbocycles. The summed E-state index contributed by atoms with van der Waals surface area (Å²) in [4.78, 5) is 35.4. The van der Waals surface area contributed by atoms with Crippen LogP contribution in [0.2, 0.25) is 0 Å². The van der Waals surface area contributed by atoms with Crippen LogP contribution in [0.1, 0.15) is 39.8 Å². The van der Waals surface area contributed by atoms with Crippen LogP contribution >= 0.6 is 0 Å². The zero-order valence-electron chi connectivity index (χ0n) is 18.0. The van der Waals surface area contributed by atoms with Crippen molar-refractivity contribution in [2.45, 2.75) is 25.8 Å². The normalized spacial score (nSPS) is 12.7. The van der Waals surface area contributed by atoms with Crippen LogP contribution in [-0.4, -0.2) is 38.7 Å². The maximum absolute atomic E-state index is 12.8. The molecule has 3 aromatic rings. The van der Waals surface area contributed by atoms with Crippen molar-refractivity contribution in [2.75, 3.05) is 0 Å². The average Bonchev–Trinajstić information content (AvgIpc) is 3.17. The van der Waals surface area contributed by atoms with E-state index in [1.54, 1.807) is 14.0 Å². The molecule has 1 aromatic heterocycles. The van der Waals surface area contributed by atoms with Gasteiger partial charge in [-0.25, -0.2) is 4.79 Å². The van der Waals surface area contributed by atoms with Gasteiger partial charge < -0.3 is 20.1 Å². The molecule has 1 amide bonds. The third kappa shape index (κ3) is 5.63. The van der Waals surface area contributed by atoms with E-state index in [2.05, 4.69) is 5.32 Å². The van der Waals surface area contributed by atoms with Crippen LogP contribution in [0.25, 0.3) is 11.1 Å². The van der Waals surface area contributed by atoms with Crippen molar-refractivity contribution in [3.05, 3.63) is 83.7 Å². The van der Waals surface area contributed by atoms with E-state index in [4.69, 9.17) is 5.11 Å². The number of aromatic carboxylic acids is 1. The molecule has 1 unspecified atom stereocenters. The highest BCUT2D eigenvalue weighted by atomic mass is 16.4. The van der Waals surface area contributed by atoms with Crippen LogP contribution in [0.4, 0.5) is 0 Å². The Balaban J connectivity index is 1.77. The van der Waals surface area contributed by atoms with Crippen molar-refractivity contribution in [2.24, 2.45) is 13.0 Å². The fraction of sp³-hybridized carbons (Fsp3) is 0.240. The number of rotatable bonds is 9. The summed E-state index contributed by atoms with van der Waals surface area (Å²) in [5.74, 6) is -3.14. The maximum Gasteiger partial charge on any atom is 0.337 e. The predicted octanol–water partition coefficient (Wildman–Crippen LogP) is 3.84. The summed E-state index contributed by atoms with van der Waals surface area (Å²) in [6.45, 7) is 1.60. The van der Waals surface area contributed by atoms with Crippen LogP contribution in [0, 0.1) is 5.92 Å². The molecular weight excluding hydrogens is 408 g/mol. The van der Waals surface area contributed by atoms with Crippen LogP contribution in [0.5, 0.6) is 0 Å². The number of nitrogens with zero attached hydrogens (tertiary/aromatic N) is 1. The summed E-state index contributed by atoms with van der Waals surface area (Å²) in [6.07, 6.45) is 2.07. The smallest absolute Gasteiger partial charge is 0.337 e. The minimum absolute atomic E-state index is 0.0182. The first-order chi connectivity index (χ1) is 15.2. The highest BCUT2D eigenvalue weighted by Gasteiger charge is 2.23. The second-order valence-corrected chi connectivity index (χ2v) is 7.94. The van der Waals surface area contributed by atoms with Crippen LogP contribution in [0.15, 0.2) is 66.9 Å². The van der Waals surface area contributed by atoms with Gasteiger partial charge in [-0.2, -0.15) is 0 Å². The van der Waals surface area contributed by atoms with E-state index in [9.17, 15) is 19.5 Å². The lowest BCUT2D eigenvalue weighted by atomic mass is 9.95. The third-order valence-electron chi connectivity index (χ3n) is 5.42. The van der Waals surface area contributed by atoms with E-state index < -0.39 is 29.8 Å². The van der Waals surface area contributed by atoms with Crippen LogP contribution < -0.4 is 5.32 Å². The molecule has 2 atom stereocenters. The first-order valence-electron chi connectivity index (χ1n) is 10.3. The number of nitrogens with one attached hydrogen (secondary N) is 1. The van der Waals surface area contributed by atoms with Crippen molar-refractivity contribution >= 4 is 17.8 Å². The van der Waals surface area contributed by atoms with Gasteiger partial charge in [0.25, 0.3) is 5.91 Å². The van der Waals surface area contributed by atoms with Crippen molar-refractivity contribution in [1.82, 2.24) is 9.88 Å². The number of aromatic nitrogens is 1. The fourth-order valence-corrected chi connectivity index (χ4v) is 3.64. The highest BCUT2D eigenvalue weighted by molar-refractivity contribution is 5.97. The van der Waals surface area contributed by atoms with Crippen LogP contribution in [-0.2, 0) is 18.3 Å². The second-order valence-electron chi connectivity index (χ2n) is 7.94. The molecule has 0 aliphatic rings. The van der Waals surface area contributed by atoms with Gasteiger partial charge in [-0.3, -0.25) is 9.59 Å². The Bertz CT molecular complexity index is 1100. The Morgan fingerprint density at radius 2 is 1.59 bits per heavy atom. The first kappa shape index (κ1) is 22.8. The third-order valence-corrected chi connectivity index (χ3v) is 5.42. The van der Waals surface area contributed by atoms with Crippen molar-refractivity contribution < 1.29 is 24.6 Å². The predicted molar refractivity (Wildman–Crippen MR) is 121 cm³/mol. The van der Waals surface area contributed by atoms with Gasteiger partial charge in [0.2, 0.25) is 0 Å². The highest BCUT2D eigenvalue weighted by Crippen LogP contribution is 2.21. The van der Waals surface area contributed by atoms with E-state index in [-0.39, 0.29) is 17.7 Å². The van der Waals surface area contributed by atoms with Gasteiger partial charge in [-0.15, -0.1) is 0 Å². The summed E-state index contributed by atoms with van der Waals surface area (Å²) in [5.41, 5.74) is 3.35. The number of amides is 1. The van der Waals surface area contributed by atoms with Gasteiger partial charge in [0.1, 0.15) is 5.69 Å². The number of carboxylic acids is 2. The lowest BCUT2D eigenvalue weighted by Crippen LogP contribution is -2.39. The second kappa shape index (κ2) is 9.96. The Hall–Kier alpha value is -3.87. The molecule has 0 fully saturated rings. The number of hydrogen-bond donors (Lipinski definition) is 3. The van der Waals surface area contributed by atoms with Crippen molar-refractivity contribution in [3.63, 3.8) is 0 Å². The van der Waals surface area contributed by atoms with Gasteiger partial charge in [0, 0.05) is 19.3 Å². The Morgan fingerprint density at radius 1 is 0.969 bits per heavy atom. The largest absolute Gasteiger partial charge is 0.481 e. The number of aliphatic carboxylic acids is 1. The summed E-state index contributed by atoms with van der Waals surface area (Å²) in [5, 5.41) is 21.4. The summed E-state index contributed by atoms with van der Waals surface area (Å²) < 4.78 is 1.45. The molecule has 3 N–H and O–H groups in total. The number of hydrogen-bond acceptors (Lipinski definition) is 3. The topological polar surface area (TPSA) is 109 Å². The fourth-order valence-electron chi connectivity index (χ4n) is 3.64. The molecule has 0 saturated carbocycles. The maximum atomic E-state index is 12.8. The standard InChI is InChI=1S/C25H26N2O5/c1-16(24(29)30)12-21(26-23(28)22-14-20(25(31)32)15-27(22)2)13-17-8-10-19(11-9-17)18-6-4-3-5-7-18/h3-11,14-16,21H,12-13H2,1-2H3,(H,26,28)(H,29,30)(H,31,32)/t16-,21?/m1/s1. The molecule has 0 aliphatic carbocycles. The summed E-state index contributed by atoms with van der Waals surface area (Å²) in [6, 6.07) is 18.8. The monoisotopic (exact) mass is 434 g/mol. The van der Waals surface area contributed by atoms with E-state index in [0.29, 0.717) is 6.42 Å². The van der Waals surface area contributed by atoms with Gasteiger partial charge in [-0.05, 0) is 35.6 Å². The molecule has 0 saturated heterocycles. The summed E-state index contributed by atoms with van der Waals surface area (Å²) >= 11 is 0. The molecule has 0 radical (unpaired) electrons. The van der Waals surface area contributed by atoms with E-state index >= 15 is 0 Å². The lowest BCUT2D eigenvalue weighted by Gasteiger charge is -2.21. The molecule has 0 aliphatic heterocycles. The molecular formula is C25H26N2O5. The molecule has 7 nitrogen and oxygen atoms in total. The molecule has 7 heteroatoms. The number of benzene rings is 2. The lowest BCUT2D eigenvalue weighted by molar-refractivity contribution is -0.141. The quantitative estimate of drug-likeness (QED) is 0.474. The molecule has 0 bridgehead atoms. The van der Waals surface area contributed by atoms with E-state index in [0.717, 1.165) is 16.7 Å². The summed E-state index contributed by atoms with van der Waals surface area (Å²) in [7, 11) is 1.60. The van der Waals surface area contributed by atoms with Gasteiger partial charge in [-0.1, -0.05) is 61.5 Å². The minimum Gasteiger partial charge on any atom is -0.481 e. The Morgan fingerprint density at radius 3 is 2.16 bits per heavy atom. The minimum atomic E-state index is -1.12. The van der Waals surface area contributed by atoms with Crippen molar-refractivity contribution in [3.8, 4) is 11.1 Å². The first-order valence-corrected chi connectivity index (χ1v) is 10.3. The molecule has 1 heterocycles. The van der Waals surface area contributed by atoms with E-state index in [1.807, 2.05) is 54.6 Å². The Kier molecular flexibility index (Phi) is 7.10. The van der Waals surface area contributed by atoms with Gasteiger partial charge in [0.05, 0.1) is 11.5 Å². The zero-order chi connectivity index (χ0) is 23.3. The zero-order valence-corrected chi connectivity index (χ0v) is 18.0. The molecule has 32 heavy (non-hydrogen) atoms. The van der Waals surface area contributed by atoms with Crippen LogP contribution in [0.3, 0.4) is 0 Å². The average molecular weight is 434 g/mol. The van der Waals surface area contributed by atoms with Gasteiger partial charge >= 0.3 is 11.9 Å².